The van der Waals surface area contributed by atoms with E-state index in [4.69, 9.17) is 4.52 Å². The second-order valence-corrected chi connectivity index (χ2v) is 8.20. The third-order valence-corrected chi connectivity index (χ3v) is 5.78. The fraction of sp³-hybridized carbons (Fsp3) is 0.167. The standard InChI is InChI=1S/C24H18FN7O2/c1-13-21-18(12-20(27-24(21)34-29-13)17-7-2-3-8-19(17)25)23(33)26-15-6-4-5-14(11-15)22-28-30-31-32(22)16-9-10-16/h2-8,11-12,16H,9-10H2,1H3,(H,26,33). The van der Waals surface area contributed by atoms with E-state index in [1.54, 1.807) is 37.3 Å². The highest BCUT2D eigenvalue weighted by atomic mass is 19.1. The van der Waals surface area contributed by atoms with Gasteiger partial charge in [0.15, 0.2) is 5.82 Å². The van der Waals surface area contributed by atoms with Crippen LogP contribution in [0.25, 0.3) is 33.7 Å². The van der Waals surface area contributed by atoms with Crippen molar-refractivity contribution in [3.05, 3.63) is 71.7 Å². The number of hydrogen-bond donors (Lipinski definition) is 1. The molecule has 1 amide bonds. The minimum Gasteiger partial charge on any atom is -0.335 e. The van der Waals surface area contributed by atoms with Gasteiger partial charge < -0.3 is 9.84 Å². The number of hydrogen-bond acceptors (Lipinski definition) is 7. The number of rotatable bonds is 5. The number of aryl methyl sites for hydroxylation is 1. The van der Waals surface area contributed by atoms with Crippen molar-refractivity contribution in [1.82, 2.24) is 30.3 Å². The summed E-state index contributed by atoms with van der Waals surface area (Å²) in [6.07, 6.45) is 2.10. The molecule has 1 aliphatic carbocycles. The Labute approximate surface area is 192 Å². The zero-order valence-corrected chi connectivity index (χ0v) is 18.1. The van der Waals surface area contributed by atoms with Gasteiger partial charge in [-0.05, 0) is 60.5 Å². The molecule has 0 aliphatic heterocycles. The topological polar surface area (TPSA) is 112 Å². The Hall–Kier alpha value is -4.47. The van der Waals surface area contributed by atoms with Crippen LogP contribution in [0.2, 0.25) is 0 Å². The molecular formula is C24H18FN7O2. The Kier molecular flexibility index (Phi) is 4.65. The third-order valence-electron chi connectivity index (χ3n) is 5.78. The van der Waals surface area contributed by atoms with Crippen molar-refractivity contribution in [2.75, 3.05) is 5.32 Å². The average molecular weight is 455 g/mol. The zero-order valence-electron chi connectivity index (χ0n) is 18.1. The molecule has 168 valence electrons. The number of nitrogens with zero attached hydrogens (tertiary/aromatic N) is 6. The lowest BCUT2D eigenvalue weighted by Gasteiger charge is -2.10. The highest BCUT2D eigenvalue weighted by molar-refractivity contribution is 6.13. The summed E-state index contributed by atoms with van der Waals surface area (Å²) in [6, 6.07) is 15.4. The van der Waals surface area contributed by atoms with Crippen molar-refractivity contribution >= 4 is 22.7 Å². The van der Waals surface area contributed by atoms with Crippen LogP contribution in [-0.4, -0.2) is 36.3 Å². The number of anilines is 1. The average Bonchev–Trinajstić information content (AvgIpc) is 3.45. The molecule has 3 heterocycles. The molecule has 0 unspecified atom stereocenters. The lowest BCUT2D eigenvalue weighted by molar-refractivity contribution is 0.102. The number of aromatic nitrogens is 6. The van der Waals surface area contributed by atoms with Crippen molar-refractivity contribution in [2.45, 2.75) is 25.8 Å². The summed E-state index contributed by atoms with van der Waals surface area (Å²) in [6.45, 7) is 1.73. The van der Waals surface area contributed by atoms with Crippen LogP contribution in [0.3, 0.4) is 0 Å². The molecule has 34 heavy (non-hydrogen) atoms. The molecule has 6 rings (SSSR count). The van der Waals surface area contributed by atoms with E-state index in [1.807, 2.05) is 22.9 Å². The van der Waals surface area contributed by atoms with Gasteiger partial charge in [0.2, 0.25) is 0 Å². The zero-order chi connectivity index (χ0) is 23.2. The van der Waals surface area contributed by atoms with Crippen LogP contribution in [0.5, 0.6) is 0 Å². The van der Waals surface area contributed by atoms with Gasteiger partial charge in [-0.25, -0.2) is 14.1 Å². The van der Waals surface area contributed by atoms with Crippen LogP contribution in [0, 0.1) is 12.7 Å². The molecule has 9 nitrogen and oxygen atoms in total. The van der Waals surface area contributed by atoms with Gasteiger partial charge in [0.05, 0.1) is 28.4 Å². The maximum absolute atomic E-state index is 14.4. The molecule has 0 spiro atoms. The van der Waals surface area contributed by atoms with Crippen LogP contribution in [0.1, 0.15) is 34.9 Å². The van der Waals surface area contributed by atoms with Gasteiger partial charge in [-0.1, -0.05) is 29.4 Å². The minimum absolute atomic E-state index is 0.167. The Balaban J connectivity index is 1.38. The molecule has 0 bridgehead atoms. The van der Waals surface area contributed by atoms with Crippen LogP contribution in [-0.2, 0) is 0 Å². The van der Waals surface area contributed by atoms with E-state index in [0.717, 1.165) is 18.4 Å². The SMILES string of the molecule is Cc1noc2nc(-c3ccccc3F)cc(C(=O)Nc3cccc(-c4nnnn4C4CC4)c3)c12. The monoisotopic (exact) mass is 455 g/mol. The molecule has 5 aromatic rings. The normalized spacial score (nSPS) is 13.4. The van der Waals surface area contributed by atoms with E-state index >= 15 is 0 Å². The van der Waals surface area contributed by atoms with Gasteiger partial charge in [-0.2, -0.15) is 0 Å². The van der Waals surface area contributed by atoms with Crippen molar-refractivity contribution in [2.24, 2.45) is 0 Å². The molecule has 1 saturated carbocycles. The summed E-state index contributed by atoms with van der Waals surface area (Å²) in [5.41, 5.74) is 2.88. The first-order chi connectivity index (χ1) is 16.6. The summed E-state index contributed by atoms with van der Waals surface area (Å²) < 4.78 is 21.6. The first-order valence-corrected chi connectivity index (χ1v) is 10.8. The molecular weight excluding hydrogens is 437 g/mol. The number of amides is 1. The van der Waals surface area contributed by atoms with Gasteiger partial charge in [0, 0.05) is 16.8 Å². The Morgan fingerprint density at radius 2 is 2.00 bits per heavy atom. The number of carbonyl (C=O) groups excluding carboxylic acids is 1. The first kappa shape index (κ1) is 20.2. The molecule has 1 fully saturated rings. The fourth-order valence-electron chi connectivity index (χ4n) is 3.96. The molecule has 3 aromatic heterocycles. The minimum atomic E-state index is -0.446. The lowest BCUT2D eigenvalue weighted by Crippen LogP contribution is -2.13. The molecule has 2 aromatic carbocycles. The van der Waals surface area contributed by atoms with Gasteiger partial charge >= 0.3 is 0 Å². The highest BCUT2D eigenvalue weighted by Gasteiger charge is 2.28. The molecule has 0 saturated heterocycles. The number of nitrogens with one attached hydrogen (secondary N) is 1. The van der Waals surface area contributed by atoms with Crippen molar-refractivity contribution in [3.63, 3.8) is 0 Å². The lowest BCUT2D eigenvalue weighted by atomic mass is 10.0. The van der Waals surface area contributed by atoms with Crippen LogP contribution in [0.15, 0.2) is 59.1 Å². The van der Waals surface area contributed by atoms with Gasteiger partial charge in [0.25, 0.3) is 11.6 Å². The summed E-state index contributed by atoms with van der Waals surface area (Å²) in [5, 5.41) is 19.4. The molecule has 10 heteroatoms. The van der Waals surface area contributed by atoms with E-state index in [9.17, 15) is 9.18 Å². The molecule has 0 radical (unpaired) electrons. The predicted molar refractivity (Wildman–Crippen MR) is 121 cm³/mol. The Morgan fingerprint density at radius 1 is 1.15 bits per heavy atom. The Morgan fingerprint density at radius 3 is 2.82 bits per heavy atom. The maximum Gasteiger partial charge on any atom is 0.259 e. The molecule has 0 atom stereocenters. The highest BCUT2D eigenvalue weighted by Crippen LogP contribution is 2.37. The van der Waals surface area contributed by atoms with E-state index < -0.39 is 11.7 Å². The second kappa shape index (κ2) is 7.84. The fourth-order valence-corrected chi connectivity index (χ4v) is 3.96. The maximum atomic E-state index is 14.4. The van der Waals surface area contributed by atoms with Crippen LogP contribution in [0.4, 0.5) is 10.1 Å². The number of benzene rings is 2. The number of pyridine rings is 1. The number of fused-ring (bicyclic) bond motifs is 1. The van der Waals surface area contributed by atoms with Gasteiger partial charge in [-0.3, -0.25) is 4.79 Å². The number of carbonyl (C=O) groups is 1. The third kappa shape index (κ3) is 3.49. The molecule has 1 aliphatic rings. The summed E-state index contributed by atoms with van der Waals surface area (Å²) >= 11 is 0. The number of tetrazole rings is 1. The van der Waals surface area contributed by atoms with Crippen LogP contribution >= 0.6 is 0 Å². The van der Waals surface area contributed by atoms with Gasteiger partial charge in [-0.15, -0.1) is 5.10 Å². The van der Waals surface area contributed by atoms with E-state index in [1.165, 1.54) is 6.07 Å². The summed E-state index contributed by atoms with van der Waals surface area (Å²) in [4.78, 5) is 17.8. The summed E-state index contributed by atoms with van der Waals surface area (Å²) in [7, 11) is 0. The van der Waals surface area contributed by atoms with Crippen molar-refractivity contribution in [1.29, 1.82) is 0 Å². The largest absolute Gasteiger partial charge is 0.335 e. The second-order valence-electron chi connectivity index (χ2n) is 8.20. The van der Waals surface area contributed by atoms with Crippen molar-refractivity contribution in [3.8, 4) is 22.6 Å². The van der Waals surface area contributed by atoms with Crippen LogP contribution < -0.4 is 5.32 Å². The first-order valence-electron chi connectivity index (χ1n) is 10.8. The Bertz CT molecular complexity index is 1550. The quantitative estimate of drug-likeness (QED) is 0.413. The van der Waals surface area contributed by atoms with E-state index in [-0.39, 0.29) is 22.5 Å². The number of halogens is 1. The van der Waals surface area contributed by atoms with E-state index in [0.29, 0.717) is 28.6 Å². The summed E-state index contributed by atoms with van der Waals surface area (Å²) in [5.74, 6) is -0.185. The predicted octanol–water partition coefficient (Wildman–Crippen LogP) is 4.58. The molecule has 1 N–H and O–H groups in total. The smallest absolute Gasteiger partial charge is 0.259 e. The van der Waals surface area contributed by atoms with Gasteiger partial charge in [0.1, 0.15) is 5.82 Å². The van der Waals surface area contributed by atoms with E-state index in [2.05, 4.69) is 31.0 Å². The van der Waals surface area contributed by atoms with Crippen molar-refractivity contribution < 1.29 is 13.7 Å².